The second-order valence-corrected chi connectivity index (χ2v) is 5.44. The second kappa shape index (κ2) is 6.03. The van der Waals surface area contributed by atoms with Crippen molar-refractivity contribution >= 4 is 28.9 Å². The summed E-state index contributed by atoms with van der Waals surface area (Å²) in [6, 6.07) is 3.56. The maximum Gasteiger partial charge on any atom is 0.417 e. The summed E-state index contributed by atoms with van der Waals surface area (Å²) in [4.78, 5) is 15.4. The Hall–Kier alpha value is -1.60. The molecule has 0 radical (unpaired) electrons. The summed E-state index contributed by atoms with van der Waals surface area (Å²) in [7, 11) is 0. The van der Waals surface area contributed by atoms with Gasteiger partial charge in [0.1, 0.15) is 6.61 Å². The molecule has 21 heavy (non-hydrogen) atoms. The van der Waals surface area contributed by atoms with Gasteiger partial charge in [0.2, 0.25) is 0 Å². The lowest BCUT2D eigenvalue weighted by Crippen LogP contribution is -2.06. The normalized spacial score (nSPS) is 11.5. The molecule has 8 heteroatoms. The van der Waals surface area contributed by atoms with E-state index in [1.165, 1.54) is 35.9 Å². The fourth-order valence-electron chi connectivity index (χ4n) is 1.67. The van der Waals surface area contributed by atoms with Gasteiger partial charge in [-0.3, -0.25) is 4.79 Å². The van der Waals surface area contributed by atoms with Gasteiger partial charge in [-0.25, -0.2) is 4.98 Å². The molecule has 1 aromatic carbocycles. The summed E-state index contributed by atoms with van der Waals surface area (Å²) < 4.78 is 43.4. The molecule has 1 aromatic heterocycles. The van der Waals surface area contributed by atoms with Crippen LogP contribution < -0.4 is 0 Å². The fraction of sp³-hybridized carbons (Fsp3) is 0.231. The molecule has 3 nitrogen and oxygen atoms in total. The number of halogens is 4. The Morgan fingerprint density at radius 1 is 1.43 bits per heavy atom. The van der Waals surface area contributed by atoms with E-state index in [2.05, 4.69) is 4.98 Å². The van der Waals surface area contributed by atoms with Crippen LogP contribution in [-0.4, -0.2) is 11.0 Å². The lowest BCUT2D eigenvalue weighted by atomic mass is 10.1. The van der Waals surface area contributed by atoms with Crippen molar-refractivity contribution in [3.63, 3.8) is 0 Å². The molecule has 2 aromatic rings. The van der Waals surface area contributed by atoms with Gasteiger partial charge in [-0.15, -0.1) is 11.3 Å². The van der Waals surface area contributed by atoms with Crippen LogP contribution in [0.2, 0.25) is 5.02 Å². The number of carbonyl (C=O) groups excluding carboxylic acids is 1. The number of carbonyl (C=O) groups is 1. The first-order chi connectivity index (χ1) is 9.79. The van der Waals surface area contributed by atoms with Gasteiger partial charge in [-0.1, -0.05) is 17.7 Å². The van der Waals surface area contributed by atoms with E-state index in [9.17, 15) is 18.0 Å². The highest BCUT2D eigenvalue weighted by molar-refractivity contribution is 7.10. The maximum absolute atomic E-state index is 12.9. The smallest absolute Gasteiger partial charge is 0.417 e. The van der Waals surface area contributed by atoms with E-state index in [1.807, 2.05) is 0 Å². The average molecular weight is 336 g/mol. The van der Waals surface area contributed by atoms with Crippen LogP contribution in [0.5, 0.6) is 0 Å². The van der Waals surface area contributed by atoms with E-state index in [1.54, 1.807) is 0 Å². The van der Waals surface area contributed by atoms with Gasteiger partial charge < -0.3 is 4.74 Å². The fourth-order valence-corrected chi connectivity index (χ4v) is 2.58. The molecule has 0 saturated heterocycles. The number of hydrogen-bond acceptors (Lipinski definition) is 4. The second-order valence-electron chi connectivity index (χ2n) is 4.10. The Bertz CT molecular complexity index is 670. The molecule has 0 spiro atoms. The van der Waals surface area contributed by atoms with Crippen molar-refractivity contribution in [2.75, 3.05) is 0 Å². The molecule has 0 saturated carbocycles. The van der Waals surface area contributed by atoms with Gasteiger partial charge in [-0.2, -0.15) is 13.2 Å². The minimum absolute atomic E-state index is 0.0285. The van der Waals surface area contributed by atoms with Crippen LogP contribution >= 0.6 is 22.9 Å². The molecule has 0 atom stereocenters. The van der Waals surface area contributed by atoms with Crippen LogP contribution in [0.15, 0.2) is 23.7 Å². The molecule has 0 amide bonds. The monoisotopic (exact) mass is 335 g/mol. The van der Waals surface area contributed by atoms with Gasteiger partial charge in [0.15, 0.2) is 0 Å². The minimum atomic E-state index is -4.54. The number of thiazole rings is 1. The predicted octanol–water partition coefficient (Wildman–Crippen LogP) is 4.55. The minimum Gasteiger partial charge on any atom is -0.460 e. The predicted molar refractivity (Wildman–Crippen MR) is 73.0 cm³/mol. The molecule has 0 fully saturated rings. The lowest BCUT2D eigenvalue weighted by molar-refractivity contribution is -0.142. The molecule has 0 aliphatic rings. The number of benzene rings is 1. The molecule has 2 rings (SSSR count). The third-order valence-corrected chi connectivity index (χ3v) is 3.73. The van der Waals surface area contributed by atoms with Gasteiger partial charge in [0.25, 0.3) is 0 Å². The highest BCUT2D eigenvalue weighted by Crippen LogP contribution is 2.38. The number of esters is 1. The topological polar surface area (TPSA) is 39.2 Å². The van der Waals surface area contributed by atoms with Crippen LogP contribution in [0.25, 0.3) is 11.3 Å². The van der Waals surface area contributed by atoms with Crippen molar-refractivity contribution < 1.29 is 22.7 Å². The van der Waals surface area contributed by atoms with Crippen molar-refractivity contribution in [2.24, 2.45) is 0 Å². The van der Waals surface area contributed by atoms with E-state index in [0.29, 0.717) is 10.6 Å². The first kappa shape index (κ1) is 15.8. The summed E-state index contributed by atoms with van der Waals surface area (Å²) in [5.41, 5.74) is 1.18. The third-order valence-electron chi connectivity index (χ3n) is 2.59. The number of nitrogens with zero attached hydrogens (tertiary/aromatic N) is 1. The number of ether oxygens (including phenoxy) is 1. The van der Waals surface area contributed by atoms with Crippen molar-refractivity contribution in [1.29, 1.82) is 0 Å². The maximum atomic E-state index is 12.9. The van der Waals surface area contributed by atoms with E-state index < -0.39 is 17.7 Å². The van der Waals surface area contributed by atoms with Crippen molar-refractivity contribution in [2.45, 2.75) is 19.7 Å². The Balaban J connectivity index is 2.39. The van der Waals surface area contributed by atoms with Crippen molar-refractivity contribution in [3.8, 4) is 11.3 Å². The highest BCUT2D eigenvalue weighted by atomic mass is 35.5. The lowest BCUT2D eigenvalue weighted by Gasteiger charge is -2.11. The zero-order valence-electron chi connectivity index (χ0n) is 10.7. The molecular formula is C13H9ClF3NO2S. The zero-order chi connectivity index (χ0) is 15.6. The Morgan fingerprint density at radius 3 is 2.76 bits per heavy atom. The molecule has 1 heterocycles. The zero-order valence-corrected chi connectivity index (χ0v) is 12.3. The number of aromatic nitrogens is 1. The van der Waals surface area contributed by atoms with Gasteiger partial charge in [-0.05, 0) is 12.1 Å². The van der Waals surface area contributed by atoms with Crippen molar-refractivity contribution in [3.05, 3.63) is 39.2 Å². The summed E-state index contributed by atoms with van der Waals surface area (Å²) in [5.74, 6) is -0.471. The molecule has 0 aliphatic heterocycles. The number of alkyl halides is 3. The quantitative estimate of drug-likeness (QED) is 0.773. The summed E-state index contributed by atoms with van der Waals surface area (Å²) in [6.07, 6.45) is -4.54. The summed E-state index contributed by atoms with van der Waals surface area (Å²) in [6.45, 7) is 1.23. The molecule has 112 valence electrons. The Morgan fingerprint density at radius 2 is 2.14 bits per heavy atom. The SMILES string of the molecule is CC(=O)OCc1scnc1-c1ccc(Cl)c(C(F)(F)F)c1. The Labute approximate surface area is 127 Å². The van der Waals surface area contributed by atoms with E-state index in [0.717, 1.165) is 6.07 Å². The number of rotatable bonds is 3. The molecule has 0 bridgehead atoms. The Kier molecular flexibility index (Phi) is 4.53. The van der Waals surface area contributed by atoms with Crippen LogP contribution in [-0.2, 0) is 22.3 Å². The average Bonchev–Trinajstić information content (AvgIpc) is 2.84. The molecule has 0 N–H and O–H groups in total. The van der Waals surface area contributed by atoms with E-state index in [-0.39, 0.29) is 17.2 Å². The number of hydrogen-bond donors (Lipinski definition) is 0. The molecule has 0 aliphatic carbocycles. The van der Waals surface area contributed by atoms with E-state index in [4.69, 9.17) is 16.3 Å². The summed E-state index contributed by atoms with van der Waals surface area (Å²) in [5, 5.41) is -0.372. The molecular weight excluding hydrogens is 327 g/mol. The largest absolute Gasteiger partial charge is 0.460 e. The highest BCUT2D eigenvalue weighted by Gasteiger charge is 2.33. The van der Waals surface area contributed by atoms with Crippen LogP contribution in [0.4, 0.5) is 13.2 Å². The standard InChI is InChI=1S/C13H9ClF3NO2S/c1-7(19)20-5-11-12(18-6-21-11)8-2-3-10(14)9(4-8)13(15,16)17/h2-4,6H,5H2,1H3. The van der Waals surface area contributed by atoms with Crippen LogP contribution in [0.3, 0.4) is 0 Å². The molecule has 0 unspecified atom stereocenters. The van der Waals surface area contributed by atoms with Gasteiger partial charge in [0, 0.05) is 12.5 Å². The van der Waals surface area contributed by atoms with Gasteiger partial charge >= 0.3 is 12.1 Å². The van der Waals surface area contributed by atoms with E-state index >= 15 is 0 Å². The van der Waals surface area contributed by atoms with Crippen LogP contribution in [0, 0.1) is 0 Å². The third kappa shape index (κ3) is 3.74. The first-order valence-corrected chi connectivity index (χ1v) is 6.97. The van der Waals surface area contributed by atoms with Crippen LogP contribution in [0.1, 0.15) is 17.4 Å². The first-order valence-electron chi connectivity index (χ1n) is 5.72. The summed E-state index contributed by atoms with van der Waals surface area (Å²) >= 11 is 6.78. The van der Waals surface area contributed by atoms with Crippen molar-refractivity contribution in [1.82, 2.24) is 4.98 Å². The van der Waals surface area contributed by atoms with Gasteiger partial charge in [0.05, 0.1) is 26.7 Å².